The number of aliphatic imine (C=N–C) groups is 1. The van der Waals surface area contributed by atoms with E-state index in [4.69, 9.17) is 0 Å². The van der Waals surface area contributed by atoms with Crippen LogP contribution in [-0.2, 0) is 0 Å². The summed E-state index contributed by atoms with van der Waals surface area (Å²) in [6.07, 6.45) is 5.24. The lowest BCUT2D eigenvalue weighted by Gasteiger charge is -2.15. The van der Waals surface area contributed by atoms with E-state index in [1.54, 1.807) is 0 Å². The molecule has 0 unspecified atom stereocenters. The summed E-state index contributed by atoms with van der Waals surface area (Å²) in [4.78, 5) is 6.34. The predicted molar refractivity (Wildman–Crippen MR) is 39.7 cm³/mol. The Kier molecular flexibility index (Phi) is 1.88. The molecule has 0 bridgehead atoms. The van der Waals surface area contributed by atoms with Crippen LogP contribution in [-0.4, -0.2) is 31.4 Å². The van der Waals surface area contributed by atoms with Crippen LogP contribution in [0.25, 0.3) is 0 Å². The highest BCUT2D eigenvalue weighted by molar-refractivity contribution is 5.83. The number of dihydropyridines is 1. The van der Waals surface area contributed by atoms with Gasteiger partial charge in [0.25, 0.3) is 0 Å². The third kappa shape index (κ3) is 1.56. The maximum atomic E-state index is 4.28. The Morgan fingerprint density at radius 1 is 1.44 bits per heavy atom. The van der Waals surface area contributed by atoms with Crippen molar-refractivity contribution in [3.05, 3.63) is 12.2 Å². The fourth-order valence-electron chi connectivity index (χ4n) is 0.810. The Balaban J connectivity index is 2.50. The topological polar surface area (TPSA) is 15.6 Å². The van der Waals surface area contributed by atoms with Crippen molar-refractivity contribution in [3.8, 4) is 0 Å². The zero-order valence-electron chi connectivity index (χ0n) is 5.96. The van der Waals surface area contributed by atoms with Gasteiger partial charge in [-0.1, -0.05) is 12.2 Å². The van der Waals surface area contributed by atoms with Crippen molar-refractivity contribution in [1.29, 1.82) is 0 Å². The Labute approximate surface area is 55.9 Å². The maximum absolute atomic E-state index is 4.28. The molecular formula is C7H12N2. The van der Waals surface area contributed by atoms with E-state index in [0.29, 0.717) is 0 Å². The van der Waals surface area contributed by atoms with Gasteiger partial charge in [-0.05, 0) is 0 Å². The molecule has 0 aromatic rings. The van der Waals surface area contributed by atoms with E-state index in [1.165, 1.54) is 5.84 Å². The first kappa shape index (κ1) is 6.33. The Morgan fingerprint density at radius 3 is 2.56 bits per heavy atom. The van der Waals surface area contributed by atoms with Crippen molar-refractivity contribution in [1.82, 2.24) is 4.90 Å². The summed E-state index contributed by atoms with van der Waals surface area (Å²) >= 11 is 0. The highest BCUT2D eigenvalue weighted by atomic mass is 15.1. The minimum absolute atomic E-state index is 0.855. The van der Waals surface area contributed by atoms with E-state index in [-0.39, 0.29) is 0 Å². The summed E-state index contributed by atoms with van der Waals surface area (Å²) in [7, 11) is 4.05. The second-order valence-electron chi connectivity index (χ2n) is 2.33. The first-order chi connectivity index (χ1) is 4.30. The summed E-state index contributed by atoms with van der Waals surface area (Å²) in [6, 6.07) is 0. The van der Waals surface area contributed by atoms with Crippen LogP contribution >= 0.6 is 0 Å². The summed E-state index contributed by atoms with van der Waals surface area (Å²) in [6.45, 7) is 0.855. The van der Waals surface area contributed by atoms with Crippen molar-refractivity contribution in [2.75, 3.05) is 20.6 Å². The van der Waals surface area contributed by atoms with Crippen LogP contribution in [0.15, 0.2) is 17.1 Å². The smallest absolute Gasteiger partial charge is 0.103 e. The molecule has 1 rings (SSSR count). The van der Waals surface area contributed by atoms with Crippen LogP contribution in [0.2, 0.25) is 0 Å². The Morgan fingerprint density at radius 2 is 2.22 bits per heavy atom. The van der Waals surface area contributed by atoms with Gasteiger partial charge in [0.05, 0.1) is 6.54 Å². The first-order valence-corrected chi connectivity index (χ1v) is 3.16. The zero-order valence-corrected chi connectivity index (χ0v) is 5.96. The monoisotopic (exact) mass is 124 g/mol. The molecular weight excluding hydrogens is 112 g/mol. The van der Waals surface area contributed by atoms with E-state index in [2.05, 4.69) is 22.0 Å². The third-order valence-electron chi connectivity index (χ3n) is 1.36. The highest BCUT2D eigenvalue weighted by Gasteiger charge is 1.99. The minimum atomic E-state index is 0.855. The SMILES string of the molecule is CN(C)C1=NCC=CC1. The second kappa shape index (κ2) is 2.67. The number of rotatable bonds is 0. The van der Waals surface area contributed by atoms with Crippen LogP contribution in [0.5, 0.6) is 0 Å². The summed E-state index contributed by atoms with van der Waals surface area (Å²) in [5, 5.41) is 0. The van der Waals surface area contributed by atoms with Crippen LogP contribution in [0.4, 0.5) is 0 Å². The van der Waals surface area contributed by atoms with Gasteiger partial charge < -0.3 is 4.90 Å². The quantitative estimate of drug-likeness (QED) is 0.438. The fourth-order valence-corrected chi connectivity index (χ4v) is 0.810. The lowest BCUT2D eigenvalue weighted by Crippen LogP contribution is -2.22. The van der Waals surface area contributed by atoms with Crippen LogP contribution < -0.4 is 0 Å². The number of hydrogen-bond donors (Lipinski definition) is 0. The molecule has 0 saturated heterocycles. The van der Waals surface area contributed by atoms with Gasteiger partial charge in [0, 0.05) is 20.5 Å². The van der Waals surface area contributed by atoms with E-state index in [0.717, 1.165) is 13.0 Å². The molecule has 2 nitrogen and oxygen atoms in total. The molecule has 0 aliphatic carbocycles. The average molecular weight is 124 g/mol. The van der Waals surface area contributed by atoms with Crippen molar-refractivity contribution < 1.29 is 0 Å². The minimum Gasteiger partial charge on any atom is -0.366 e. The van der Waals surface area contributed by atoms with Gasteiger partial charge in [0.2, 0.25) is 0 Å². The molecule has 0 fully saturated rings. The summed E-state index contributed by atoms with van der Waals surface area (Å²) in [5.74, 6) is 1.18. The lowest BCUT2D eigenvalue weighted by atomic mass is 10.3. The summed E-state index contributed by atoms with van der Waals surface area (Å²) < 4.78 is 0. The van der Waals surface area contributed by atoms with Gasteiger partial charge >= 0.3 is 0 Å². The molecule has 0 atom stereocenters. The zero-order chi connectivity index (χ0) is 6.69. The third-order valence-corrected chi connectivity index (χ3v) is 1.36. The van der Waals surface area contributed by atoms with Gasteiger partial charge in [-0.2, -0.15) is 0 Å². The first-order valence-electron chi connectivity index (χ1n) is 3.16. The lowest BCUT2D eigenvalue weighted by molar-refractivity contribution is 0.606. The van der Waals surface area contributed by atoms with E-state index in [1.807, 2.05) is 14.1 Å². The molecule has 2 heteroatoms. The predicted octanol–water partition coefficient (Wildman–Crippen LogP) is 0.906. The van der Waals surface area contributed by atoms with Crippen molar-refractivity contribution in [2.45, 2.75) is 6.42 Å². The van der Waals surface area contributed by atoms with Crippen LogP contribution in [0.1, 0.15) is 6.42 Å². The Hall–Kier alpha value is -0.790. The molecule has 0 N–H and O–H groups in total. The van der Waals surface area contributed by atoms with Gasteiger partial charge in [0.15, 0.2) is 0 Å². The number of hydrogen-bond acceptors (Lipinski definition) is 2. The van der Waals surface area contributed by atoms with Gasteiger partial charge in [-0.3, -0.25) is 4.99 Å². The van der Waals surface area contributed by atoms with E-state index >= 15 is 0 Å². The molecule has 50 valence electrons. The van der Waals surface area contributed by atoms with Gasteiger partial charge in [-0.15, -0.1) is 0 Å². The largest absolute Gasteiger partial charge is 0.366 e. The fraction of sp³-hybridized carbons (Fsp3) is 0.571. The molecule has 0 aromatic carbocycles. The van der Waals surface area contributed by atoms with E-state index in [9.17, 15) is 0 Å². The van der Waals surface area contributed by atoms with Crippen LogP contribution in [0, 0.1) is 0 Å². The molecule has 0 saturated carbocycles. The molecule has 1 aliphatic rings. The number of amidine groups is 1. The molecule has 0 radical (unpaired) electrons. The van der Waals surface area contributed by atoms with Gasteiger partial charge in [0.1, 0.15) is 5.84 Å². The maximum Gasteiger partial charge on any atom is 0.103 e. The molecule has 1 heterocycles. The summed E-state index contributed by atoms with van der Waals surface area (Å²) in [5.41, 5.74) is 0. The highest BCUT2D eigenvalue weighted by Crippen LogP contribution is 1.98. The molecule has 1 aliphatic heterocycles. The van der Waals surface area contributed by atoms with Crippen molar-refractivity contribution in [2.24, 2.45) is 4.99 Å². The van der Waals surface area contributed by atoms with Crippen molar-refractivity contribution in [3.63, 3.8) is 0 Å². The molecule has 0 aromatic heterocycles. The molecule has 0 spiro atoms. The molecule has 9 heavy (non-hydrogen) atoms. The van der Waals surface area contributed by atoms with Crippen molar-refractivity contribution >= 4 is 5.84 Å². The van der Waals surface area contributed by atoms with E-state index < -0.39 is 0 Å². The average Bonchev–Trinajstić information content (AvgIpc) is 1.90. The number of nitrogens with zero attached hydrogens (tertiary/aromatic N) is 2. The standard InChI is InChI=1S/C7H12N2/c1-9(2)7-5-3-4-6-8-7/h3-4H,5-6H2,1-2H3. The van der Waals surface area contributed by atoms with Crippen LogP contribution in [0.3, 0.4) is 0 Å². The Bertz CT molecular complexity index is 145. The molecule has 0 amide bonds. The van der Waals surface area contributed by atoms with Gasteiger partial charge in [-0.25, -0.2) is 0 Å². The second-order valence-corrected chi connectivity index (χ2v) is 2.33. The normalized spacial score (nSPS) is 17.3.